The fraction of sp³-hybridized carbons (Fsp3) is 0.467. The fourth-order valence-electron chi connectivity index (χ4n) is 1.78. The maximum Gasteiger partial charge on any atom is 0.326 e. The summed E-state index contributed by atoms with van der Waals surface area (Å²) in [6.45, 7) is 4.04. The maximum atomic E-state index is 11.7. The molecule has 110 valence electrons. The van der Waals surface area contributed by atoms with Crippen LogP contribution in [0, 0.1) is 6.92 Å². The van der Waals surface area contributed by atoms with E-state index < -0.39 is 12.0 Å². The van der Waals surface area contributed by atoms with Crippen LogP contribution in [0.25, 0.3) is 0 Å². The van der Waals surface area contributed by atoms with Crippen LogP contribution < -0.4 is 10.1 Å². The van der Waals surface area contributed by atoms with Crippen LogP contribution in [0.5, 0.6) is 5.75 Å². The molecule has 1 aromatic rings. The van der Waals surface area contributed by atoms with E-state index in [-0.39, 0.29) is 18.9 Å². The van der Waals surface area contributed by atoms with Crippen molar-refractivity contribution in [1.29, 1.82) is 0 Å². The Kier molecular flexibility index (Phi) is 6.56. The molecule has 0 fully saturated rings. The van der Waals surface area contributed by atoms with E-state index in [4.69, 9.17) is 9.84 Å². The van der Waals surface area contributed by atoms with Gasteiger partial charge in [0.1, 0.15) is 11.8 Å². The average molecular weight is 279 g/mol. The number of nitrogens with one attached hydrogen (secondary N) is 1. The molecule has 1 amide bonds. The average Bonchev–Trinajstić information content (AvgIpc) is 2.40. The van der Waals surface area contributed by atoms with Crippen molar-refractivity contribution < 1.29 is 19.4 Å². The third-order valence-electron chi connectivity index (χ3n) is 2.89. The van der Waals surface area contributed by atoms with Gasteiger partial charge in [-0.3, -0.25) is 4.79 Å². The Morgan fingerprint density at radius 2 is 2.05 bits per heavy atom. The van der Waals surface area contributed by atoms with Crippen LogP contribution in [0.2, 0.25) is 0 Å². The Labute approximate surface area is 118 Å². The van der Waals surface area contributed by atoms with E-state index in [1.54, 1.807) is 0 Å². The second kappa shape index (κ2) is 8.19. The van der Waals surface area contributed by atoms with Gasteiger partial charge in [-0.25, -0.2) is 4.79 Å². The lowest BCUT2D eigenvalue weighted by Gasteiger charge is -2.14. The molecule has 5 heteroatoms. The molecule has 0 bridgehead atoms. The predicted octanol–water partition coefficient (Wildman–Crippen LogP) is 2.13. The molecule has 1 aromatic carbocycles. The van der Waals surface area contributed by atoms with Crippen LogP contribution in [0.3, 0.4) is 0 Å². The molecule has 0 heterocycles. The van der Waals surface area contributed by atoms with Gasteiger partial charge in [-0.1, -0.05) is 31.5 Å². The van der Waals surface area contributed by atoms with Crippen LogP contribution in [0.15, 0.2) is 24.3 Å². The molecule has 0 saturated heterocycles. The van der Waals surface area contributed by atoms with E-state index in [9.17, 15) is 9.59 Å². The summed E-state index contributed by atoms with van der Waals surface area (Å²) in [6.07, 6.45) is 1.28. The molecule has 2 N–H and O–H groups in total. The Morgan fingerprint density at radius 1 is 1.35 bits per heavy atom. The van der Waals surface area contributed by atoms with E-state index in [0.29, 0.717) is 12.8 Å². The van der Waals surface area contributed by atoms with Gasteiger partial charge in [0.2, 0.25) is 5.91 Å². The Morgan fingerprint density at radius 3 is 2.65 bits per heavy atom. The Balaban J connectivity index is 2.36. The van der Waals surface area contributed by atoms with Crippen LogP contribution in [0.1, 0.15) is 31.7 Å². The predicted molar refractivity (Wildman–Crippen MR) is 75.8 cm³/mol. The summed E-state index contributed by atoms with van der Waals surface area (Å²) in [6, 6.07) is 6.73. The number of benzene rings is 1. The lowest BCUT2D eigenvalue weighted by atomic mass is 10.1. The van der Waals surface area contributed by atoms with E-state index in [1.807, 2.05) is 38.1 Å². The molecule has 0 aliphatic carbocycles. The van der Waals surface area contributed by atoms with Gasteiger partial charge in [0.05, 0.1) is 13.0 Å². The smallest absolute Gasteiger partial charge is 0.326 e. The van der Waals surface area contributed by atoms with Crippen molar-refractivity contribution in [3.63, 3.8) is 0 Å². The first-order valence-electron chi connectivity index (χ1n) is 6.75. The van der Waals surface area contributed by atoms with Gasteiger partial charge < -0.3 is 15.2 Å². The molecule has 0 aliphatic heterocycles. The number of aryl methyl sites for hydroxylation is 1. The van der Waals surface area contributed by atoms with E-state index in [1.165, 1.54) is 0 Å². The molecule has 5 nitrogen and oxygen atoms in total. The highest BCUT2D eigenvalue weighted by Crippen LogP contribution is 2.16. The number of carboxylic acids is 1. The van der Waals surface area contributed by atoms with Crippen molar-refractivity contribution >= 4 is 11.9 Å². The molecule has 0 saturated carbocycles. The van der Waals surface area contributed by atoms with E-state index >= 15 is 0 Å². The highest BCUT2D eigenvalue weighted by molar-refractivity contribution is 5.83. The first-order valence-corrected chi connectivity index (χ1v) is 6.75. The van der Waals surface area contributed by atoms with E-state index in [2.05, 4.69) is 5.32 Å². The number of carboxylic acid groups (broad SMARTS) is 1. The van der Waals surface area contributed by atoms with Gasteiger partial charge in [-0.05, 0) is 25.0 Å². The summed E-state index contributed by atoms with van der Waals surface area (Å²) in [5.74, 6) is -0.567. The molecule has 1 rings (SSSR count). The molecule has 0 unspecified atom stereocenters. The zero-order chi connectivity index (χ0) is 15.0. The summed E-state index contributed by atoms with van der Waals surface area (Å²) in [5, 5.41) is 11.4. The molecule has 0 aliphatic rings. The lowest BCUT2D eigenvalue weighted by molar-refractivity contribution is -0.142. The Bertz CT molecular complexity index is 459. The molecule has 20 heavy (non-hydrogen) atoms. The van der Waals surface area contributed by atoms with E-state index in [0.717, 1.165) is 11.3 Å². The van der Waals surface area contributed by atoms with Gasteiger partial charge >= 0.3 is 5.97 Å². The summed E-state index contributed by atoms with van der Waals surface area (Å²) in [5.41, 5.74) is 1.00. The summed E-state index contributed by atoms with van der Waals surface area (Å²) in [7, 11) is 0. The monoisotopic (exact) mass is 279 g/mol. The number of hydrogen-bond donors (Lipinski definition) is 2. The Hall–Kier alpha value is -2.04. The van der Waals surface area contributed by atoms with Gasteiger partial charge in [0.15, 0.2) is 0 Å². The summed E-state index contributed by atoms with van der Waals surface area (Å²) in [4.78, 5) is 22.6. The quantitative estimate of drug-likeness (QED) is 0.764. The van der Waals surface area contributed by atoms with Crippen molar-refractivity contribution in [2.24, 2.45) is 0 Å². The number of aliphatic carboxylic acids is 1. The fourth-order valence-corrected chi connectivity index (χ4v) is 1.78. The zero-order valence-corrected chi connectivity index (χ0v) is 11.9. The van der Waals surface area contributed by atoms with Gasteiger partial charge in [0, 0.05) is 0 Å². The third kappa shape index (κ3) is 5.30. The van der Waals surface area contributed by atoms with Crippen molar-refractivity contribution in [3.8, 4) is 5.75 Å². The normalized spacial score (nSPS) is 11.7. The van der Waals surface area contributed by atoms with Crippen LogP contribution in [0.4, 0.5) is 0 Å². The topological polar surface area (TPSA) is 75.6 Å². The molecule has 0 spiro atoms. The minimum absolute atomic E-state index is 0.141. The number of para-hydroxylation sites is 1. The highest BCUT2D eigenvalue weighted by Gasteiger charge is 2.18. The first-order chi connectivity index (χ1) is 9.54. The number of carbonyl (C=O) groups is 2. The number of carbonyl (C=O) groups excluding carboxylic acids is 1. The maximum absolute atomic E-state index is 11.7. The molecule has 0 radical (unpaired) electrons. The largest absolute Gasteiger partial charge is 0.493 e. The van der Waals surface area contributed by atoms with Crippen LogP contribution in [-0.4, -0.2) is 29.6 Å². The second-order valence-corrected chi connectivity index (χ2v) is 4.61. The minimum Gasteiger partial charge on any atom is -0.493 e. The van der Waals surface area contributed by atoms with Gasteiger partial charge in [-0.15, -0.1) is 0 Å². The molecule has 0 aromatic heterocycles. The summed E-state index contributed by atoms with van der Waals surface area (Å²) < 4.78 is 5.50. The zero-order valence-electron chi connectivity index (χ0n) is 11.9. The van der Waals surface area contributed by atoms with Crippen molar-refractivity contribution in [2.75, 3.05) is 6.61 Å². The third-order valence-corrected chi connectivity index (χ3v) is 2.89. The molecule has 1 atom stereocenters. The van der Waals surface area contributed by atoms with Crippen molar-refractivity contribution in [3.05, 3.63) is 29.8 Å². The van der Waals surface area contributed by atoms with Gasteiger partial charge in [-0.2, -0.15) is 0 Å². The van der Waals surface area contributed by atoms with Gasteiger partial charge in [0.25, 0.3) is 0 Å². The summed E-state index contributed by atoms with van der Waals surface area (Å²) >= 11 is 0. The van der Waals surface area contributed by atoms with Crippen molar-refractivity contribution in [2.45, 2.75) is 39.2 Å². The second-order valence-electron chi connectivity index (χ2n) is 4.61. The SMILES string of the molecule is CCC[C@@H](NC(=O)CCOc1ccccc1C)C(=O)O. The number of hydrogen-bond acceptors (Lipinski definition) is 3. The molecular formula is C15H21NO4. The van der Waals surface area contributed by atoms with Crippen LogP contribution in [-0.2, 0) is 9.59 Å². The first kappa shape index (κ1) is 16.0. The number of ether oxygens (including phenoxy) is 1. The number of rotatable bonds is 8. The van der Waals surface area contributed by atoms with Crippen molar-refractivity contribution in [1.82, 2.24) is 5.32 Å². The highest BCUT2D eigenvalue weighted by atomic mass is 16.5. The number of amides is 1. The minimum atomic E-state index is -1.000. The standard InChI is InChI=1S/C15H21NO4/c1-3-6-12(15(18)19)16-14(17)9-10-20-13-8-5-4-7-11(13)2/h4-5,7-8,12H,3,6,9-10H2,1-2H3,(H,16,17)(H,18,19)/t12-/m1/s1. The van der Waals surface area contributed by atoms with Crippen LogP contribution >= 0.6 is 0 Å². The lowest BCUT2D eigenvalue weighted by Crippen LogP contribution is -2.41. The molecular weight excluding hydrogens is 258 g/mol.